The third kappa shape index (κ3) is 3.16. The van der Waals surface area contributed by atoms with Crippen LogP contribution in [0.2, 0.25) is 0 Å². The molecule has 1 aliphatic rings. The molecule has 0 amide bonds. The maximum atomic E-state index is 6.13. The van der Waals surface area contributed by atoms with E-state index in [1.807, 2.05) is 0 Å². The lowest BCUT2D eigenvalue weighted by molar-refractivity contribution is 0.396. The molecule has 0 spiro atoms. The predicted octanol–water partition coefficient (Wildman–Crippen LogP) is 5.18. The van der Waals surface area contributed by atoms with Gasteiger partial charge in [-0.15, -0.1) is 0 Å². The Morgan fingerprint density at radius 1 is 1.24 bits per heavy atom. The molecule has 1 N–H and O–H groups in total. The zero-order valence-electron chi connectivity index (χ0n) is 13.7. The summed E-state index contributed by atoms with van der Waals surface area (Å²) in [7, 11) is 0. The minimum absolute atomic E-state index is 0.183. The summed E-state index contributed by atoms with van der Waals surface area (Å²) in [6.45, 7) is 10.0. The first kappa shape index (κ1) is 14.6. The van der Waals surface area contributed by atoms with E-state index in [1.54, 1.807) is 0 Å². The molecule has 114 valence electrons. The van der Waals surface area contributed by atoms with E-state index < -0.39 is 0 Å². The average Bonchev–Trinajstić information content (AvgIpc) is 3.16. The van der Waals surface area contributed by atoms with E-state index in [0.717, 1.165) is 30.2 Å². The first-order chi connectivity index (χ1) is 9.99. The van der Waals surface area contributed by atoms with Crippen molar-refractivity contribution < 1.29 is 4.42 Å². The van der Waals surface area contributed by atoms with Gasteiger partial charge in [-0.1, -0.05) is 33.8 Å². The topological polar surface area (TPSA) is 25.2 Å². The Labute approximate surface area is 127 Å². The highest BCUT2D eigenvalue weighted by atomic mass is 16.3. The van der Waals surface area contributed by atoms with Crippen LogP contribution in [0.3, 0.4) is 0 Å². The van der Waals surface area contributed by atoms with Crippen molar-refractivity contribution >= 4 is 11.0 Å². The van der Waals surface area contributed by atoms with E-state index in [2.05, 4.69) is 57.3 Å². The lowest BCUT2D eigenvalue weighted by Gasteiger charge is -2.18. The van der Waals surface area contributed by atoms with Gasteiger partial charge < -0.3 is 9.73 Å². The number of fused-ring (bicyclic) bond motifs is 1. The smallest absolute Gasteiger partial charge is 0.134 e. The second kappa shape index (κ2) is 5.49. The van der Waals surface area contributed by atoms with Crippen LogP contribution in [0, 0.1) is 5.92 Å². The van der Waals surface area contributed by atoms with Gasteiger partial charge >= 0.3 is 0 Å². The van der Waals surface area contributed by atoms with Gasteiger partial charge in [0.1, 0.15) is 11.3 Å². The summed E-state index contributed by atoms with van der Waals surface area (Å²) in [6.07, 6.45) is 3.81. The molecule has 2 heteroatoms. The van der Waals surface area contributed by atoms with Crippen molar-refractivity contribution in [3.8, 4) is 0 Å². The van der Waals surface area contributed by atoms with E-state index >= 15 is 0 Å². The summed E-state index contributed by atoms with van der Waals surface area (Å²) >= 11 is 0. The highest BCUT2D eigenvalue weighted by molar-refractivity contribution is 5.79. The minimum Gasteiger partial charge on any atom is -0.459 e. The molecule has 0 radical (unpaired) electrons. The summed E-state index contributed by atoms with van der Waals surface area (Å²) in [6, 6.07) is 9.25. The van der Waals surface area contributed by atoms with Crippen molar-refractivity contribution in [2.45, 2.75) is 58.4 Å². The van der Waals surface area contributed by atoms with Gasteiger partial charge in [-0.25, -0.2) is 0 Å². The number of hydrogen-bond donors (Lipinski definition) is 1. The second-order valence-corrected chi connectivity index (χ2v) is 7.42. The Morgan fingerprint density at radius 2 is 2.00 bits per heavy atom. The van der Waals surface area contributed by atoms with Crippen LogP contribution >= 0.6 is 0 Å². The van der Waals surface area contributed by atoms with Crippen LogP contribution in [-0.4, -0.2) is 6.54 Å². The van der Waals surface area contributed by atoms with Crippen LogP contribution < -0.4 is 5.32 Å². The molecule has 1 aliphatic carbocycles. The van der Waals surface area contributed by atoms with Crippen molar-refractivity contribution in [2.24, 2.45) is 5.92 Å². The van der Waals surface area contributed by atoms with Crippen molar-refractivity contribution in [3.63, 3.8) is 0 Å². The van der Waals surface area contributed by atoms with Gasteiger partial charge in [0.05, 0.1) is 6.04 Å². The Hall–Kier alpha value is -1.28. The Morgan fingerprint density at radius 3 is 2.62 bits per heavy atom. The summed E-state index contributed by atoms with van der Waals surface area (Å²) in [4.78, 5) is 0. The van der Waals surface area contributed by atoms with Crippen LogP contribution in [0.15, 0.2) is 28.7 Å². The van der Waals surface area contributed by atoms with Crippen LogP contribution in [0.4, 0.5) is 0 Å². The molecule has 2 aromatic rings. The lowest BCUT2D eigenvalue weighted by Crippen LogP contribution is -2.23. The standard InChI is InChI=1S/C19H27NO/c1-5-10-20-18(13-6-7-13)17-12-14-11-15(19(2,3)4)8-9-16(14)21-17/h8-9,11-13,18,20H,5-7,10H2,1-4H3. The molecule has 1 saturated carbocycles. The maximum Gasteiger partial charge on any atom is 0.134 e. The van der Waals surface area contributed by atoms with Crippen molar-refractivity contribution in [2.75, 3.05) is 6.54 Å². The molecule has 1 heterocycles. The molecule has 1 aromatic carbocycles. The molecule has 0 saturated heterocycles. The second-order valence-electron chi connectivity index (χ2n) is 7.42. The molecule has 21 heavy (non-hydrogen) atoms. The van der Waals surface area contributed by atoms with Gasteiger partial charge in [0.2, 0.25) is 0 Å². The molecule has 2 nitrogen and oxygen atoms in total. The molecular formula is C19H27NO. The third-order valence-corrected chi connectivity index (χ3v) is 4.42. The van der Waals surface area contributed by atoms with E-state index in [4.69, 9.17) is 4.42 Å². The van der Waals surface area contributed by atoms with Crippen LogP contribution in [0.1, 0.15) is 64.3 Å². The van der Waals surface area contributed by atoms with Gasteiger partial charge in [-0.2, -0.15) is 0 Å². The normalized spacial score (nSPS) is 17.3. The highest BCUT2D eigenvalue weighted by Gasteiger charge is 2.34. The van der Waals surface area contributed by atoms with Crippen molar-refractivity contribution in [1.29, 1.82) is 0 Å². The van der Waals surface area contributed by atoms with E-state index in [9.17, 15) is 0 Å². The fourth-order valence-corrected chi connectivity index (χ4v) is 2.91. The predicted molar refractivity (Wildman–Crippen MR) is 88.7 cm³/mol. The maximum absolute atomic E-state index is 6.13. The zero-order chi connectivity index (χ0) is 15.0. The minimum atomic E-state index is 0.183. The Balaban J connectivity index is 1.92. The quantitative estimate of drug-likeness (QED) is 0.818. The number of benzene rings is 1. The van der Waals surface area contributed by atoms with Crippen LogP contribution in [-0.2, 0) is 5.41 Å². The van der Waals surface area contributed by atoms with Crippen molar-refractivity contribution in [1.82, 2.24) is 5.32 Å². The fourth-order valence-electron chi connectivity index (χ4n) is 2.91. The lowest BCUT2D eigenvalue weighted by atomic mass is 9.86. The fraction of sp³-hybridized carbons (Fsp3) is 0.579. The Bertz CT molecular complexity index is 616. The van der Waals surface area contributed by atoms with Crippen LogP contribution in [0.25, 0.3) is 11.0 Å². The molecule has 3 rings (SSSR count). The van der Waals surface area contributed by atoms with E-state index in [1.165, 1.54) is 23.8 Å². The van der Waals surface area contributed by atoms with E-state index in [-0.39, 0.29) is 5.41 Å². The Kier molecular flexibility index (Phi) is 3.83. The van der Waals surface area contributed by atoms with Gasteiger partial charge in [-0.05, 0) is 60.9 Å². The van der Waals surface area contributed by atoms with Gasteiger partial charge in [0, 0.05) is 5.39 Å². The van der Waals surface area contributed by atoms with Gasteiger partial charge in [0.25, 0.3) is 0 Å². The third-order valence-electron chi connectivity index (χ3n) is 4.42. The largest absolute Gasteiger partial charge is 0.459 e. The van der Waals surface area contributed by atoms with E-state index in [0.29, 0.717) is 6.04 Å². The molecule has 1 fully saturated rings. The first-order valence-electron chi connectivity index (χ1n) is 8.26. The number of rotatable bonds is 5. The summed E-state index contributed by atoms with van der Waals surface area (Å²) in [5, 5.41) is 4.90. The zero-order valence-corrected chi connectivity index (χ0v) is 13.7. The molecule has 0 aliphatic heterocycles. The molecule has 1 atom stereocenters. The molecule has 0 bridgehead atoms. The molecule has 1 aromatic heterocycles. The monoisotopic (exact) mass is 285 g/mol. The SMILES string of the molecule is CCCNC(c1cc2cc(C(C)(C)C)ccc2o1)C1CC1. The molecule has 1 unspecified atom stereocenters. The first-order valence-corrected chi connectivity index (χ1v) is 8.26. The number of furan rings is 1. The van der Waals surface area contributed by atoms with Crippen LogP contribution in [0.5, 0.6) is 0 Å². The molecular weight excluding hydrogens is 258 g/mol. The van der Waals surface area contributed by atoms with Crippen molar-refractivity contribution in [3.05, 3.63) is 35.6 Å². The van der Waals surface area contributed by atoms with Gasteiger partial charge in [-0.3, -0.25) is 0 Å². The highest BCUT2D eigenvalue weighted by Crippen LogP contribution is 2.42. The summed E-state index contributed by atoms with van der Waals surface area (Å²) < 4.78 is 6.13. The number of hydrogen-bond acceptors (Lipinski definition) is 2. The van der Waals surface area contributed by atoms with Gasteiger partial charge in [0.15, 0.2) is 0 Å². The average molecular weight is 285 g/mol. The summed E-state index contributed by atoms with van der Waals surface area (Å²) in [5.74, 6) is 1.88. The summed E-state index contributed by atoms with van der Waals surface area (Å²) in [5.41, 5.74) is 2.57. The number of nitrogens with one attached hydrogen (secondary N) is 1.